The summed E-state index contributed by atoms with van der Waals surface area (Å²) in [4.78, 5) is 26.1. The molecule has 0 atom stereocenters. The van der Waals surface area contributed by atoms with Crippen molar-refractivity contribution >= 4 is 34.5 Å². The van der Waals surface area contributed by atoms with E-state index in [0.29, 0.717) is 32.7 Å². The van der Waals surface area contributed by atoms with Gasteiger partial charge in [-0.25, -0.2) is 0 Å². The van der Waals surface area contributed by atoms with E-state index in [0.717, 1.165) is 38.6 Å². The monoisotopic (exact) mass is 670 g/mol. The van der Waals surface area contributed by atoms with E-state index in [1.54, 1.807) is 24.3 Å². The van der Waals surface area contributed by atoms with Crippen molar-refractivity contribution in [3.63, 3.8) is 0 Å². The first-order valence-electron chi connectivity index (χ1n) is 17.7. The first-order chi connectivity index (χ1) is 22.5. The molecule has 0 aliphatic rings. The molecule has 0 aliphatic carbocycles. The van der Waals surface area contributed by atoms with Crippen LogP contribution in [-0.2, 0) is 0 Å². The predicted molar refractivity (Wildman–Crippen MR) is 192 cm³/mol. The van der Waals surface area contributed by atoms with Crippen LogP contribution in [0.25, 0.3) is 0 Å². The van der Waals surface area contributed by atoms with E-state index >= 15 is 0 Å². The highest BCUT2D eigenvalue weighted by atomic mass is 32.1. The number of aliphatic hydroxyl groups is 1. The fourth-order valence-corrected chi connectivity index (χ4v) is 6.50. The standard InChI is InChI=1S/C19H30N2OS.C18H28N2O2S/c1-2-3-4-5-6-7-8-9-10-11-12-15-21-19(22)18-14-13-17(16-20)23-18;19-15-16-11-12-17(23-16)18(22)20-13-9-7-5-3-1-2-4-6-8-10-14-21/h13-14H,2-12,15H2,1H3,(H,21,22);11-12,21H,1-10,13-14H2,(H,20,22). The van der Waals surface area contributed by atoms with Gasteiger partial charge < -0.3 is 15.7 Å². The Balaban J connectivity index is 0.000000460. The second-order valence-corrected chi connectivity index (χ2v) is 14.0. The third kappa shape index (κ3) is 21.9. The number of aliphatic hydroxyl groups excluding tert-OH is 1. The van der Waals surface area contributed by atoms with Crippen molar-refractivity contribution in [2.45, 2.75) is 142 Å². The lowest BCUT2D eigenvalue weighted by atomic mass is 10.1. The maximum Gasteiger partial charge on any atom is 0.261 e. The van der Waals surface area contributed by atoms with Gasteiger partial charge in [-0.1, -0.05) is 122 Å². The first-order valence-corrected chi connectivity index (χ1v) is 19.4. The minimum absolute atomic E-state index is 0.0522. The van der Waals surface area contributed by atoms with Crippen LogP contribution in [0.3, 0.4) is 0 Å². The van der Waals surface area contributed by atoms with Crippen LogP contribution >= 0.6 is 22.7 Å². The topological polar surface area (TPSA) is 126 Å². The molecule has 2 aromatic rings. The quantitative estimate of drug-likeness (QED) is 0.0859. The molecule has 0 aromatic carbocycles. The summed E-state index contributed by atoms with van der Waals surface area (Å²) >= 11 is 2.49. The highest BCUT2D eigenvalue weighted by Gasteiger charge is 2.09. The number of nitrogens with zero attached hydrogens (tertiary/aromatic N) is 2. The van der Waals surface area contributed by atoms with Gasteiger partial charge in [-0.3, -0.25) is 9.59 Å². The maximum atomic E-state index is 11.8. The average Bonchev–Trinajstić information content (AvgIpc) is 3.76. The number of rotatable bonds is 26. The molecule has 0 radical (unpaired) electrons. The Hall–Kier alpha value is -2.72. The van der Waals surface area contributed by atoms with Gasteiger partial charge in [0.05, 0.1) is 9.75 Å². The molecule has 0 saturated carbocycles. The number of amides is 2. The fourth-order valence-electron chi connectivity index (χ4n) is 5.06. The maximum absolute atomic E-state index is 11.8. The largest absolute Gasteiger partial charge is 0.396 e. The highest BCUT2D eigenvalue weighted by molar-refractivity contribution is 7.14. The summed E-state index contributed by atoms with van der Waals surface area (Å²) in [6.45, 7) is 4.02. The number of nitriles is 2. The zero-order chi connectivity index (χ0) is 33.5. The zero-order valence-electron chi connectivity index (χ0n) is 28.3. The number of thiophene rings is 2. The minimum Gasteiger partial charge on any atom is -0.396 e. The number of carbonyl (C=O) groups excluding carboxylic acids is 2. The van der Waals surface area contributed by atoms with E-state index in [1.165, 1.54) is 125 Å². The lowest BCUT2D eigenvalue weighted by Crippen LogP contribution is -2.23. The molecule has 2 rings (SSSR count). The van der Waals surface area contributed by atoms with Crippen molar-refractivity contribution in [2.24, 2.45) is 0 Å². The van der Waals surface area contributed by atoms with E-state index < -0.39 is 0 Å². The van der Waals surface area contributed by atoms with Crippen molar-refractivity contribution in [3.8, 4) is 12.1 Å². The molecule has 0 unspecified atom stereocenters. The van der Waals surface area contributed by atoms with Crippen LogP contribution < -0.4 is 10.6 Å². The molecule has 2 amide bonds. The molecule has 9 heteroatoms. The van der Waals surface area contributed by atoms with Crippen molar-refractivity contribution in [3.05, 3.63) is 43.8 Å². The van der Waals surface area contributed by atoms with Crippen LogP contribution in [0.15, 0.2) is 24.3 Å². The minimum atomic E-state index is -0.0700. The Kier molecular flexibility index (Phi) is 26.6. The van der Waals surface area contributed by atoms with Gasteiger partial charge in [-0.15, -0.1) is 22.7 Å². The van der Waals surface area contributed by atoms with Crippen LogP contribution in [0.4, 0.5) is 0 Å². The molecule has 46 heavy (non-hydrogen) atoms. The molecule has 0 bridgehead atoms. The lowest BCUT2D eigenvalue weighted by molar-refractivity contribution is 0.0948. The Bertz CT molecular complexity index is 1040. The molecule has 0 saturated heterocycles. The van der Waals surface area contributed by atoms with Crippen molar-refractivity contribution in [1.82, 2.24) is 10.6 Å². The molecule has 3 N–H and O–H groups in total. The Morgan fingerprint density at radius 1 is 0.565 bits per heavy atom. The summed E-state index contributed by atoms with van der Waals surface area (Å²) in [5, 5.41) is 32.0. The van der Waals surface area contributed by atoms with Gasteiger partial charge in [-0.2, -0.15) is 10.5 Å². The van der Waals surface area contributed by atoms with E-state index in [-0.39, 0.29) is 11.8 Å². The van der Waals surface area contributed by atoms with Gasteiger partial charge in [0.25, 0.3) is 11.8 Å². The number of unbranched alkanes of at least 4 members (excludes halogenated alkanes) is 19. The van der Waals surface area contributed by atoms with Crippen LogP contribution in [-0.4, -0.2) is 36.6 Å². The van der Waals surface area contributed by atoms with E-state index in [2.05, 4.69) is 23.6 Å². The molecule has 0 spiro atoms. The summed E-state index contributed by atoms with van der Waals surface area (Å²) in [6.07, 6.45) is 26.3. The first kappa shape index (κ1) is 41.3. The molecule has 0 aliphatic heterocycles. The van der Waals surface area contributed by atoms with Crippen molar-refractivity contribution in [1.29, 1.82) is 10.5 Å². The smallest absolute Gasteiger partial charge is 0.261 e. The van der Waals surface area contributed by atoms with Gasteiger partial charge in [0.1, 0.15) is 21.9 Å². The van der Waals surface area contributed by atoms with Gasteiger partial charge in [0.2, 0.25) is 0 Å². The molecule has 7 nitrogen and oxygen atoms in total. The fraction of sp³-hybridized carbons (Fsp3) is 0.676. The van der Waals surface area contributed by atoms with Gasteiger partial charge in [0.15, 0.2) is 0 Å². The van der Waals surface area contributed by atoms with Gasteiger partial charge in [0, 0.05) is 19.7 Å². The third-order valence-corrected chi connectivity index (χ3v) is 9.79. The van der Waals surface area contributed by atoms with Gasteiger partial charge >= 0.3 is 0 Å². The SMILES string of the molecule is CCCCCCCCCCCCCNC(=O)c1ccc(C#N)s1.N#Cc1ccc(C(=O)NCCCCCCCCCCCCO)s1. The lowest BCUT2D eigenvalue weighted by Gasteiger charge is -2.04. The Morgan fingerprint density at radius 3 is 1.20 bits per heavy atom. The van der Waals surface area contributed by atoms with Crippen molar-refractivity contribution < 1.29 is 14.7 Å². The van der Waals surface area contributed by atoms with Crippen LogP contribution in [0, 0.1) is 22.7 Å². The summed E-state index contributed by atoms with van der Waals surface area (Å²) < 4.78 is 0. The normalized spacial score (nSPS) is 10.4. The molecular weight excluding hydrogens is 613 g/mol. The second-order valence-electron chi connectivity index (χ2n) is 11.9. The Labute approximate surface area is 286 Å². The number of carbonyl (C=O) groups is 2. The van der Waals surface area contributed by atoms with Gasteiger partial charge in [-0.05, 0) is 43.5 Å². The summed E-state index contributed by atoms with van der Waals surface area (Å²) in [6, 6.07) is 10.9. The van der Waals surface area contributed by atoms with E-state index in [4.69, 9.17) is 15.6 Å². The van der Waals surface area contributed by atoms with E-state index in [9.17, 15) is 9.59 Å². The number of hydrogen-bond donors (Lipinski definition) is 3. The third-order valence-electron chi connectivity index (χ3n) is 7.82. The van der Waals surface area contributed by atoms with E-state index in [1.807, 2.05) is 6.07 Å². The van der Waals surface area contributed by atoms with Crippen LogP contribution in [0.1, 0.15) is 171 Å². The van der Waals surface area contributed by atoms with Crippen LogP contribution in [0.2, 0.25) is 0 Å². The molecule has 0 fully saturated rings. The molecule has 256 valence electrons. The summed E-state index contributed by atoms with van der Waals surface area (Å²) in [5.74, 6) is -0.122. The zero-order valence-corrected chi connectivity index (χ0v) is 29.9. The number of nitrogens with one attached hydrogen (secondary N) is 2. The van der Waals surface area contributed by atoms with Crippen LogP contribution in [0.5, 0.6) is 0 Å². The number of hydrogen-bond acceptors (Lipinski definition) is 7. The average molecular weight is 671 g/mol. The second kappa shape index (κ2) is 29.7. The Morgan fingerprint density at radius 2 is 0.891 bits per heavy atom. The predicted octanol–water partition coefficient (Wildman–Crippen LogP) is 9.90. The molecule has 2 heterocycles. The van der Waals surface area contributed by atoms with Crippen molar-refractivity contribution in [2.75, 3.05) is 19.7 Å². The molecular formula is C37H58N4O3S2. The summed E-state index contributed by atoms with van der Waals surface area (Å²) in [7, 11) is 0. The highest BCUT2D eigenvalue weighted by Crippen LogP contribution is 2.16. The molecule has 2 aromatic heterocycles. The summed E-state index contributed by atoms with van der Waals surface area (Å²) in [5.41, 5.74) is 0.